The summed E-state index contributed by atoms with van der Waals surface area (Å²) in [4.78, 5) is 88.5. The standard InChI is InChI=1S/C56H83NO16S2Si/c1-30(2)76(31(3)4,32(5)6)73-44(42(36-21-19-25-65-36)57-50(63)72-51(10,11)12)49(62)68-38-28-56(64)47(70-48(61)37-22-20-26-66-37)45-54(17,33(7)27-39-55(45,29-67-39)71-35(9)58)46(60)43(41(34(38)8)53(56,15)16)69-40(59)23-24-52(13,14)75-74-18/h19-22,25-26,30-33,38-39,42-45,47,64H,23-24,27-29H2,1-18H3,(H,57,63)/t33-,38-,39+,42-,43+,44+,45-,47-,54+,55-,56+/m0/s1. The van der Waals surface area contributed by atoms with Crippen molar-refractivity contribution in [1.82, 2.24) is 5.32 Å². The number of fused-ring (bicyclic) bond motifs is 5. The van der Waals surface area contributed by atoms with Gasteiger partial charge in [0.15, 0.2) is 23.6 Å². The Bertz CT molecular complexity index is 2460. The van der Waals surface area contributed by atoms with Gasteiger partial charge in [-0.15, -0.1) is 0 Å². The molecule has 3 aliphatic carbocycles. The summed E-state index contributed by atoms with van der Waals surface area (Å²) in [6.07, 6.45) is -3.42. The lowest BCUT2D eigenvalue weighted by molar-refractivity contribution is -0.340. The van der Waals surface area contributed by atoms with Crippen LogP contribution >= 0.6 is 21.6 Å². The Balaban J connectivity index is 1.63. The Morgan fingerprint density at radius 1 is 0.921 bits per heavy atom. The second-order valence-electron chi connectivity index (χ2n) is 24.6. The fourth-order valence-corrected chi connectivity index (χ4v) is 20.8. The van der Waals surface area contributed by atoms with Crippen LogP contribution in [0.15, 0.2) is 56.8 Å². The molecule has 3 heterocycles. The van der Waals surface area contributed by atoms with Crippen LogP contribution in [0.4, 0.5) is 4.79 Å². The normalized spacial score (nSPS) is 29.3. The van der Waals surface area contributed by atoms with Crippen LogP contribution in [0.25, 0.3) is 0 Å². The van der Waals surface area contributed by atoms with E-state index in [1.807, 2.05) is 68.6 Å². The Hall–Kier alpha value is -4.08. The second kappa shape index (κ2) is 22.6. The second-order valence-corrected chi connectivity index (χ2v) is 33.1. The average molecular weight is 1120 g/mol. The maximum absolute atomic E-state index is 16.4. The zero-order chi connectivity index (χ0) is 56.9. The van der Waals surface area contributed by atoms with Gasteiger partial charge in [0.2, 0.25) is 14.1 Å². The summed E-state index contributed by atoms with van der Waals surface area (Å²) in [5.74, 6) is -5.94. The highest BCUT2D eigenvalue weighted by Gasteiger charge is 2.78. The number of rotatable bonds is 19. The quantitative estimate of drug-likeness (QED) is 0.0438. The summed E-state index contributed by atoms with van der Waals surface area (Å²) in [5, 5.41) is 17.2. The molecule has 11 atom stereocenters. The predicted octanol–water partition coefficient (Wildman–Crippen LogP) is 11.0. The minimum Gasteiger partial charge on any atom is -0.467 e. The van der Waals surface area contributed by atoms with Crippen LogP contribution < -0.4 is 5.32 Å². The first-order valence-corrected chi connectivity index (χ1v) is 31.2. The van der Waals surface area contributed by atoms with Crippen LogP contribution in [0, 0.1) is 22.7 Å². The number of Topliss-reactive ketones (excluding diaryl/α,β-unsaturated/α-hetero) is 1. The molecule has 2 aromatic rings. The number of ketones is 1. The maximum Gasteiger partial charge on any atom is 0.408 e. The van der Waals surface area contributed by atoms with Crippen molar-refractivity contribution in [1.29, 1.82) is 0 Å². The molecule has 2 bridgehead atoms. The number of ether oxygens (including phenoxy) is 6. The minimum absolute atomic E-state index is 0.0692. The summed E-state index contributed by atoms with van der Waals surface area (Å²) < 4.78 is 56.6. The first kappa shape index (κ1) is 61.1. The molecular formula is C56H83NO16S2Si. The molecular weight excluding hydrogens is 1030 g/mol. The Kier molecular flexibility index (Phi) is 18.2. The lowest BCUT2D eigenvalue weighted by Crippen LogP contribution is -2.81. The molecule has 3 fully saturated rings. The van der Waals surface area contributed by atoms with Crippen molar-refractivity contribution in [2.75, 3.05) is 12.9 Å². The van der Waals surface area contributed by atoms with E-state index in [-0.39, 0.29) is 57.9 Å². The molecule has 0 aromatic carbocycles. The first-order valence-electron chi connectivity index (χ1n) is 26.5. The van der Waals surface area contributed by atoms with Crippen molar-refractivity contribution in [3.05, 3.63) is 59.5 Å². The smallest absolute Gasteiger partial charge is 0.408 e. The number of hydrogen-bond donors (Lipinski definition) is 2. The summed E-state index contributed by atoms with van der Waals surface area (Å²) in [5.41, 5.74) is -8.03. The van der Waals surface area contributed by atoms with Gasteiger partial charge in [0, 0.05) is 35.3 Å². The molecule has 76 heavy (non-hydrogen) atoms. The van der Waals surface area contributed by atoms with Gasteiger partial charge < -0.3 is 52.1 Å². The summed E-state index contributed by atoms with van der Waals surface area (Å²) in [7, 11) is 0.0732. The number of carbonyl (C=O) groups excluding carboxylic acids is 6. The van der Waals surface area contributed by atoms with Gasteiger partial charge in [0.05, 0.1) is 25.1 Å². The molecule has 0 radical (unpaired) electrons. The van der Waals surface area contributed by atoms with E-state index in [1.165, 1.54) is 31.6 Å². The van der Waals surface area contributed by atoms with E-state index >= 15 is 9.59 Å². The van der Waals surface area contributed by atoms with Gasteiger partial charge in [-0.1, -0.05) is 90.8 Å². The third-order valence-electron chi connectivity index (χ3n) is 16.9. The molecule has 2 aromatic heterocycles. The summed E-state index contributed by atoms with van der Waals surface area (Å²) in [6, 6.07) is 4.80. The highest BCUT2D eigenvalue weighted by molar-refractivity contribution is 8.76. The SMILES string of the molecule is CSSC(C)(C)CCC(=O)O[C@H]1C(=O)[C@@]2(C)[C@H]([C@H](OC(=O)c3ccco3)[C@]3(O)C[C@H](OC(=O)[C@H](O[Si](C(C)C)(C(C)C)C(C)C)[C@@H](NC(=O)OC(C)(C)C)c4ccco4)C(C)=C1C3(C)C)[C@]1(OC(C)=O)CO[C@@H]1C[C@@H]2C. The van der Waals surface area contributed by atoms with Crippen LogP contribution in [-0.4, -0.2) is 114 Å². The number of esters is 4. The molecule has 1 saturated heterocycles. The zero-order valence-corrected chi connectivity index (χ0v) is 50.4. The predicted molar refractivity (Wildman–Crippen MR) is 289 cm³/mol. The van der Waals surface area contributed by atoms with Crippen LogP contribution in [0.3, 0.4) is 0 Å². The van der Waals surface area contributed by atoms with Gasteiger partial charge in [-0.05, 0) is 119 Å². The van der Waals surface area contributed by atoms with Crippen LogP contribution in [-0.2, 0) is 52.0 Å². The molecule has 2 saturated carbocycles. The molecule has 20 heteroatoms. The largest absolute Gasteiger partial charge is 0.467 e. The van der Waals surface area contributed by atoms with Crippen LogP contribution in [0.1, 0.15) is 166 Å². The minimum atomic E-state index is -3.09. The third kappa shape index (κ3) is 11.4. The molecule has 0 spiro atoms. The number of furan rings is 2. The van der Waals surface area contributed by atoms with Gasteiger partial charge in [-0.3, -0.25) is 14.4 Å². The average Bonchev–Trinajstić information content (AvgIpc) is 4.05. The Morgan fingerprint density at radius 2 is 1.54 bits per heavy atom. The highest BCUT2D eigenvalue weighted by Crippen LogP contribution is 2.66. The molecule has 6 rings (SSSR count). The molecule has 17 nitrogen and oxygen atoms in total. The third-order valence-corrected chi connectivity index (χ3v) is 25.7. The monoisotopic (exact) mass is 1120 g/mol. The van der Waals surface area contributed by atoms with Crippen LogP contribution in [0.2, 0.25) is 16.6 Å². The van der Waals surface area contributed by atoms with E-state index in [4.69, 9.17) is 41.7 Å². The van der Waals surface area contributed by atoms with Crippen molar-refractivity contribution in [2.45, 2.75) is 218 Å². The topological polar surface area (TPSA) is 226 Å². The van der Waals surface area contributed by atoms with Crippen LogP contribution in [0.5, 0.6) is 0 Å². The molecule has 1 aliphatic heterocycles. The molecule has 2 N–H and O–H groups in total. The van der Waals surface area contributed by atoms with E-state index in [0.717, 1.165) is 0 Å². The van der Waals surface area contributed by atoms with Gasteiger partial charge in [-0.2, -0.15) is 0 Å². The maximum atomic E-state index is 16.4. The summed E-state index contributed by atoms with van der Waals surface area (Å²) >= 11 is 0. The van der Waals surface area contributed by atoms with Gasteiger partial charge in [0.25, 0.3) is 0 Å². The Morgan fingerprint density at radius 3 is 2.05 bits per heavy atom. The number of nitrogens with one attached hydrogen (secondary N) is 1. The fourth-order valence-electron chi connectivity index (χ4n) is 13.1. The number of alkyl carbamates (subject to hydrolysis) is 1. The van der Waals surface area contributed by atoms with Crippen molar-refractivity contribution in [2.24, 2.45) is 22.7 Å². The van der Waals surface area contributed by atoms with E-state index in [2.05, 4.69) is 5.32 Å². The molecule has 424 valence electrons. The van der Waals surface area contributed by atoms with E-state index < -0.39 is 127 Å². The van der Waals surface area contributed by atoms with Gasteiger partial charge in [0.1, 0.15) is 41.3 Å². The first-order chi connectivity index (χ1) is 35.1. The summed E-state index contributed by atoms with van der Waals surface area (Å²) in [6.45, 7) is 31.0. The number of carbonyl (C=O) groups is 6. The van der Waals surface area contributed by atoms with Gasteiger partial charge in [-0.25, -0.2) is 14.4 Å². The number of amides is 1. The molecule has 0 unspecified atom stereocenters. The van der Waals surface area contributed by atoms with Crippen molar-refractivity contribution >= 4 is 65.7 Å². The molecule has 4 aliphatic rings. The highest BCUT2D eigenvalue weighted by atomic mass is 33.1. The lowest BCUT2D eigenvalue weighted by atomic mass is 9.43. The number of hydrogen-bond acceptors (Lipinski definition) is 18. The van der Waals surface area contributed by atoms with Gasteiger partial charge >= 0.3 is 30.0 Å². The van der Waals surface area contributed by atoms with Crippen molar-refractivity contribution in [3.63, 3.8) is 0 Å². The van der Waals surface area contributed by atoms with Crippen molar-refractivity contribution < 1.29 is 75.6 Å². The van der Waals surface area contributed by atoms with Crippen molar-refractivity contribution in [3.8, 4) is 0 Å². The van der Waals surface area contributed by atoms with E-state index in [1.54, 1.807) is 82.2 Å². The van der Waals surface area contributed by atoms with E-state index in [0.29, 0.717) is 12.0 Å². The lowest BCUT2D eigenvalue weighted by Gasteiger charge is -2.68. The zero-order valence-electron chi connectivity index (χ0n) is 47.7. The number of aliphatic hydroxyl groups is 1. The molecule has 1 amide bonds. The fraction of sp³-hybridized carbons (Fsp3) is 0.714. The van der Waals surface area contributed by atoms with E-state index in [9.17, 15) is 24.3 Å². The Labute approximate surface area is 457 Å².